The molecule has 1 rings (SSSR count). The van der Waals surface area contributed by atoms with Gasteiger partial charge in [-0.05, 0) is 20.8 Å². The molecular weight excluding hydrogens is 252 g/mol. The first kappa shape index (κ1) is 16.1. The summed E-state index contributed by atoms with van der Waals surface area (Å²) in [7, 11) is 0. The second kappa shape index (κ2) is 5.23. The average molecular weight is 276 g/mol. The van der Waals surface area contributed by atoms with Gasteiger partial charge in [-0.25, -0.2) is 9.79 Å². The van der Waals surface area contributed by atoms with E-state index in [-0.39, 0.29) is 16.6 Å². The Morgan fingerprint density at radius 3 is 2.20 bits per heavy atom. The lowest BCUT2D eigenvalue weighted by atomic mass is 9.88. The molecule has 0 amide bonds. The van der Waals surface area contributed by atoms with E-state index in [1.54, 1.807) is 10.8 Å². The molecule has 0 aliphatic heterocycles. The fourth-order valence-electron chi connectivity index (χ4n) is 2.00. The van der Waals surface area contributed by atoms with Gasteiger partial charge in [-0.15, -0.1) is 0 Å². The second-order valence-corrected chi connectivity index (χ2v) is 6.75. The maximum Gasteiger partial charge on any atom is 0.333 e. The smallest absolute Gasteiger partial charge is 0.293 e. The van der Waals surface area contributed by atoms with Gasteiger partial charge < -0.3 is 0 Å². The number of rotatable bonds is 3. The van der Waals surface area contributed by atoms with Gasteiger partial charge in [-0.2, -0.15) is 0 Å². The number of nitrogens with one attached hydrogen (secondary N) is 1. The van der Waals surface area contributed by atoms with Gasteiger partial charge in [-0.3, -0.25) is 14.5 Å². The van der Waals surface area contributed by atoms with Gasteiger partial charge in [0.25, 0.3) is 0 Å². The molecule has 0 bridgehead atoms. The first-order valence-electron chi connectivity index (χ1n) is 6.58. The molecule has 0 unspecified atom stereocenters. The topological polar surface area (TPSA) is 63.1 Å². The molecule has 0 saturated heterocycles. The minimum Gasteiger partial charge on any atom is -0.293 e. The van der Waals surface area contributed by atoms with Crippen molar-refractivity contribution in [1.29, 1.82) is 5.41 Å². The Morgan fingerprint density at radius 1 is 1.30 bits per heavy atom. The summed E-state index contributed by atoms with van der Waals surface area (Å²) in [4.78, 5) is 16.6. The largest absolute Gasteiger partial charge is 0.333 e. The quantitative estimate of drug-likeness (QED) is 0.669. The number of imidazole rings is 1. The van der Waals surface area contributed by atoms with Crippen molar-refractivity contribution in [2.45, 2.75) is 47.1 Å². The lowest BCUT2D eigenvalue weighted by Crippen LogP contribution is -2.33. The SMILES string of the molecule is C=Cn1c(/C(=N\C=N)C(C)(C)C)cn(C(C)(C)C)c1=O. The number of nitrogens with zero attached hydrogens (tertiary/aromatic N) is 3. The van der Waals surface area contributed by atoms with Crippen LogP contribution in [0.4, 0.5) is 0 Å². The highest BCUT2D eigenvalue weighted by Crippen LogP contribution is 2.23. The van der Waals surface area contributed by atoms with E-state index in [0.29, 0.717) is 11.4 Å². The zero-order valence-corrected chi connectivity index (χ0v) is 13.2. The molecule has 0 aliphatic rings. The van der Waals surface area contributed by atoms with Gasteiger partial charge in [0.1, 0.15) is 6.34 Å². The van der Waals surface area contributed by atoms with E-state index < -0.39 is 0 Å². The summed E-state index contributed by atoms with van der Waals surface area (Å²) in [6.07, 6.45) is 4.29. The summed E-state index contributed by atoms with van der Waals surface area (Å²) in [5.74, 6) is 0. The van der Waals surface area contributed by atoms with Crippen LogP contribution in [0.25, 0.3) is 6.20 Å². The molecule has 0 fully saturated rings. The molecule has 0 saturated carbocycles. The Bertz CT molecular complexity index is 603. The predicted molar refractivity (Wildman–Crippen MR) is 84.9 cm³/mol. The summed E-state index contributed by atoms with van der Waals surface area (Å²) in [6.45, 7) is 15.6. The highest BCUT2D eigenvalue weighted by molar-refractivity contribution is 6.06. The standard InChI is InChI=1S/C15H24N4O/c1-8-18-11(12(17-10-16)14(2,3)4)9-19(13(18)20)15(5,6)7/h8-10,16H,1H2,2-7H3/b16-10?,17-12+. The average Bonchev–Trinajstić information content (AvgIpc) is 2.60. The van der Waals surface area contributed by atoms with Crippen LogP contribution < -0.4 is 5.69 Å². The Morgan fingerprint density at radius 2 is 1.85 bits per heavy atom. The monoisotopic (exact) mass is 276 g/mol. The molecule has 1 aromatic heterocycles. The molecule has 1 aromatic rings. The van der Waals surface area contributed by atoms with Crippen molar-refractivity contribution in [2.24, 2.45) is 10.4 Å². The van der Waals surface area contributed by atoms with Crippen LogP contribution in [0.15, 0.2) is 22.6 Å². The lowest BCUT2D eigenvalue weighted by molar-refractivity contribution is 0.383. The first-order valence-corrected chi connectivity index (χ1v) is 6.58. The van der Waals surface area contributed by atoms with Crippen molar-refractivity contribution in [1.82, 2.24) is 9.13 Å². The van der Waals surface area contributed by atoms with Crippen molar-refractivity contribution in [3.8, 4) is 0 Å². The molecule has 0 atom stereocenters. The Balaban J connectivity index is 3.69. The van der Waals surface area contributed by atoms with E-state index >= 15 is 0 Å². The van der Waals surface area contributed by atoms with Gasteiger partial charge in [0.15, 0.2) is 0 Å². The van der Waals surface area contributed by atoms with Gasteiger partial charge >= 0.3 is 5.69 Å². The van der Waals surface area contributed by atoms with Crippen molar-refractivity contribution in [2.75, 3.05) is 0 Å². The summed E-state index contributed by atoms with van der Waals surface area (Å²) >= 11 is 0. The van der Waals surface area contributed by atoms with Crippen molar-refractivity contribution in [3.63, 3.8) is 0 Å². The van der Waals surface area contributed by atoms with Crippen LogP contribution in [0.5, 0.6) is 0 Å². The zero-order chi connectivity index (χ0) is 15.7. The van der Waals surface area contributed by atoms with E-state index in [2.05, 4.69) is 11.6 Å². The Hall–Kier alpha value is -1.91. The molecule has 1 heterocycles. The fourth-order valence-corrected chi connectivity index (χ4v) is 2.00. The normalized spacial score (nSPS) is 13.4. The van der Waals surface area contributed by atoms with E-state index in [0.717, 1.165) is 6.34 Å². The van der Waals surface area contributed by atoms with E-state index in [1.165, 1.54) is 10.8 Å². The predicted octanol–water partition coefficient (Wildman–Crippen LogP) is 2.95. The number of hydrogen-bond donors (Lipinski definition) is 1. The van der Waals surface area contributed by atoms with E-state index in [4.69, 9.17) is 5.41 Å². The van der Waals surface area contributed by atoms with Crippen molar-refractivity contribution >= 4 is 18.3 Å². The summed E-state index contributed by atoms with van der Waals surface area (Å²) in [6, 6.07) is 0. The van der Waals surface area contributed by atoms with Gasteiger partial charge in [0.2, 0.25) is 0 Å². The molecular formula is C15H24N4O. The third kappa shape index (κ3) is 2.98. The van der Waals surface area contributed by atoms with Gasteiger partial charge in [0.05, 0.1) is 11.4 Å². The lowest BCUT2D eigenvalue weighted by Gasteiger charge is -2.21. The van der Waals surface area contributed by atoms with Crippen LogP contribution >= 0.6 is 0 Å². The minimum absolute atomic E-state index is 0.149. The maximum atomic E-state index is 12.4. The van der Waals surface area contributed by atoms with E-state index in [1.807, 2.05) is 41.5 Å². The highest BCUT2D eigenvalue weighted by atomic mass is 16.1. The Labute approximate surface area is 120 Å². The second-order valence-electron chi connectivity index (χ2n) is 6.75. The zero-order valence-electron chi connectivity index (χ0n) is 13.2. The van der Waals surface area contributed by atoms with Crippen molar-refractivity contribution in [3.05, 3.63) is 29.0 Å². The molecule has 5 heteroatoms. The highest BCUT2D eigenvalue weighted by Gasteiger charge is 2.27. The van der Waals surface area contributed by atoms with Crippen molar-refractivity contribution < 1.29 is 0 Å². The summed E-state index contributed by atoms with van der Waals surface area (Å²) < 4.78 is 3.15. The molecule has 0 spiro atoms. The fraction of sp³-hybridized carbons (Fsp3) is 0.533. The van der Waals surface area contributed by atoms with E-state index in [9.17, 15) is 4.79 Å². The third-order valence-corrected chi connectivity index (χ3v) is 2.98. The first-order chi connectivity index (χ1) is 9.04. The maximum absolute atomic E-state index is 12.4. The van der Waals surface area contributed by atoms with Crippen LogP contribution in [0.1, 0.15) is 47.2 Å². The molecule has 0 radical (unpaired) electrons. The Kier molecular flexibility index (Phi) is 4.22. The summed E-state index contributed by atoms with van der Waals surface area (Å²) in [5.41, 5.74) is 0.611. The van der Waals surface area contributed by atoms with Crippen LogP contribution in [0.3, 0.4) is 0 Å². The number of aromatic nitrogens is 2. The number of hydrogen-bond acceptors (Lipinski definition) is 2. The van der Waals surface area contributed by atoms with Crippen LogP contribution in [0, 0.1) is 10.8 Å². The molecule has 1 N–H and O–H groups in total. The minimum atomic E-state index is -0.326. The molecule has 20 heavy (non-hydrogen) atoms. The molecule has 0 aliphatic carbocycles. The molecule has 0 aromatic carbocycles. The van der Waals surface area contributed by atoms with Crippen LogP contribution in [-0.2, 0) is 5.54 Å². The third-order valence-electron chi connectivity index (χ3n) is 2.98. The molecule has 110 valence electrons. The van der Waals surface area contributed by atoms with Crippen LogP contribution in [0.2, 0.25) is 0 Å². The van der Waals surface area contributed by atoms with Crippen LogP contribution in [-0.4, -0.2) is 21.2 Å². The van der Waals surface area contributed by atoms with Gasteiger partial charge in [-0.1, -0.05) is 27.4 Å². The molecule has 5 nitrogen and oxygen atoms in total. The summed E-state index contributed by atoms with van der Waals surface area (Å²) in [5, 5.41) is 7.24. The number of aliphatic imine (C=N–C) groups is 1. The van der Waals surface area contributed by atoms with Gasteiger partial charge in [0, 0.05) is 23.4 Å².